The van der Waals surface area contributed by atoms with Crippen LogP contribution >= 0.6 is 0 Å². The van der Waals surface area contributed by atoms with E-state index in [0.717, 1.165) is 12.8 Å². The van der Waals surface area contributed by atoms with Crippen molar-refractivity contribution in [2.45, 2.75) is 31.8 Å². The average molecular weight is 138 g/mol. The van der Waals surface area contributed by atoms with Crippen LogP contribution < -0.4 is 0 Å². The van der Waals surface area contributed by atoms with E-state index in [9.17, 15) is 4.79 Å². The summed E-state index contributed by atoms with van der Waals surface area (Å²) in [6, 6.07) is 0. The zero-order valence-electron chi connectivity index (χ0n) is 5.80. The highest BCUT2D eigenvalue weighted by atomic mass is 16.5. The van der Waals surface area contributed by atoms with E-state index < -0.39 is 0 Å². The summed E-state index contributed by atoms with van der Waals surface area (Å²) < 4.78 is 5.03. The normalized spacial score (nSPS) is 31.0. The zero-order valence-corrected chi connectivity index (χ0v) is 5.80. The van der Waals surface area contributed by atoms with Crippen molar-refractivity contribution in [2.75, 3.05) is 0 Å². The van der Waals surface area contributed by atoms with Gasteiger partial charge in [0.2, 0.25) is 0 Å². The Balaban J connectivity index is 2.17. The van der Waals surface area contributed by atoms with Gasteiger partial charge in [-0.15, -0.1) is 0 Å². The Labute approximate surface area is 59.9 Å². The van der Waals surface area contributed by atoms with Crippen LogP contribution in [0, 0.1) is 0 Å². The van der Waals surface area contributed by atoms with E-state index in [4.69, 9.17) is 4.74 Å². The van der Waals surface area contributed by atoms with Crippen LogP contribution in [0.4, 0.5) is 0 Å². The molecule has 0 aromatic carbocycles. The van der Waals surface area contributed by atoms with Gasteiger partial charge < -0.3 is 4.74 Å². The Hall–Kier alpha value is -0.790. The number of ether oxygens (including phenoxy) is 1. The van der Waals surface area contributed by atoms with E-state index in [-0.39, 0.29) is 12.1 Å². The number of rotatable bonds is 0. The van der Waals surface area contributed by atoms with Crippen molar-refractivity contribution in [1.29, 1.82) is 0 Å². The number of carbonyl (C=O) groups excluding carboxylic acids is 1. The first-order chi connectivity index (χ1) is 4.86. The van der Waals surface area contributed by atoms with Crippen LogP contribution in [0.25, 0.3) is 0 Å². The quantitative estimate of drug-likeness (QED) is 0.473. The van der Waals surface area contributed by atoms with E-state index in [0.29, 0.717) is 0 Å². The molecule has 10 heavy (non-hydrogen) atoms. The van der Waals surface area contributed by atoms with Gasteiger partial charge in [-0.3, -0.25) is 0 Å². The summed E-state index contributed by atoms with van der Waals surface area (Å²) >= 11 is 0. The van der Waals surface area contributed by atoms with Crippen molar-refractivity contribution in [2.24, 2.45) is 0 Å². The monoisotopic (exact) mass is 138 g/mol. The largest absolute Gasteiger partial charge is 0.455 e. The Morgan fingerprint density at radius 2 is 2.40 bits per heavy atom. The molecule has 2 heteroatoms. The summed E-state index contributed by atoms with van der Waals surface area (Å²) in [5.74, 6) is -0.137. The lowest BCUT2D eigenvalue weighted by Gasteiger charge is -2.18. The first kappa shape index (κ1) is 5.96. The van der Waals surface area contributed by atoms with Crippen LogP contribution in [0.1, 0.15) is 25.7 Å². The molecule has 0 N–H and O–H groups in total. The summed E-state index contributed by atoms with van der Waals surface area (Å²) in [4.78, 5) is 10.7. The van der Waals surface area contributed by atoms with Gasteiger partial charge in [-0.1, -0.05) is 0 Å². The van der Waals surface area contributed by atoms with Crippen LogP contribution in [0.2, 0.25) is 0 Å². The first-order valence-electron chi connectivity index (χ1n) is 3.77. The molecule has 0 saturated heterocycles. The van der Waals surface area contributed by atoms with E-state index in [1.807, 2.05) is 0 Å². The molecule has 0 radical (unpaired) electrons. The number of carbonyl (C=O) groups is 1. The molecule has 0 spiro atoms. The second kappa shape index (κ2) is 2.11. The minimum Gasteiger partial charge on any atom is -0.455 e. The fraction of sp³-hybridized carbons (Fsp3) is 0.625. The fourth-order valence-corrected chi connectivity index (χ4v) is 1.63. The molecule has 1 unspecified atom stereocenters. The fourth-order valence-electron chi connectivity index (χ4n) is 1.63. The summed E-state index contributed by atoms with van der Waals surface area (Å²) in [5.41, 5.74) is 1.22. The molecule has 1 aliphatic heterocycles. The highest BCUT2D eigenvalue weighted by Crippen LogP contribution is 2.29. The Kier molecular flexibility index (Phi) is 1.26. The third-order valence-electron chi connectivity index (χ3n) is 2.16. The molecule has 0 bridgehead atoms. The van der Waals surface area contributed by atoms with Gasteiger partial charge >= 0.3 is 5.97 Å². The smallest absolute Gasteiger partial charge is 0.331 e. The molecular formula is C8H10O2. The molecule has 1 saturated carbocycles. The predicted molar refractivity (Wildman–Crippen MR) is 36.4 cm³/mol. The highest BCUT2D eigenvalue weighted by molar-refractivity contribution is 5.85. The lowest BCUT2D eigenvalue weighted by molar-refractivity contribution is -0.139. The highest BCUT2D eigenvalue weighted by Gasteiger charge is 2.27. The van der Waals surface area contributed by atoms with Gasteiger partial charge in [0, 0.05) is 6.08 Å². The molecule has 0 amide bonds. The molecular weight excluding hydrogens is 128 g/mol. The van der Waals surface area contributed by atoms with E-state index in [2.05, 4.69) is 0 Å². The van der Waals surface area contributed by atoms with Crippen molar-refractivity contribution < 1.29 is 9.53 Å². The average Bonchev–Trinajstić information content (AvgIpc) is 2.27. The van der Waals surface area contributed by atoms with E-state index in [1.54, 1.807) is 6.08 Å². The summed E-state index contributed by atoms with van der Waals surface area (Å²) in [6.07, 6.45) is 6.34. The van der Waals surface area contributed by atoms with Gasteiger partial charge in [0.1, 0.15) is 6.10 Å². The molecule has 0 aromatic rings. The summed E-state index contributed by atoms with van der Waals surface area (Å²) in [7, 11) is 0. The van der Waals surface area contributed by atoms with Crippen LogP contribution in [-0.2, 0) is 9.53 Å². The number of fused-ring (bicyclic) bond motifs is 1. The van der Waals surface area contributed by atoms with E-state index in [1.165, 1.54) is 18.4 Å². The molecule has 2 nitrogen and oxygen atoms in total. The molecule has 1 atom stereocenters. The number of hydrogen-bond donors (Lipinski definition) is 0. The second-order valence-electron chi connectivity index (χ2n) is 2.89. The van der Waals surface area contributed by atoms with Crippen LogP contribution in [0.5, 0.6) is 0 Å². The molecule has 2 rings (SSSR count). The lowest BCUT2D eigenvalue weighted by atomic mass is 9.93. The third kappa shape index (κ3) is 0.838. The standard InChI is InChI=1S/C8H10O2/c9-8-5-6-3-1-2-4-7(6)10-8/h5,7H,1-4H2. The van der Waals surface area contributed by atoms with Gasteiger partial charge in [0.15, 0.2) is 0 Å². The molecule has 2 aliphatic rings. The maximum atomic E-state index is 10.7. The SMILES string of the molecule is O=C1C=C2CCCCC2O1. The Morgan fingerprint density at radius 1 is 1.50 bits per heavy atom. The molecule has 0 aromatic heterocycles. The lowest BCUT2D eigenvalue weighted by Crippen LogP contribution is -2.15. The second-order valence-corrected chi connectivity index (χ2v) is 2.89. The zero-order chi connectivity index (χ0) is 6.97. The maximum Gasteiger partial charge on any atom is 0.331 e. The summed E-state index contributed by atoms with van der Waals surface area (Å²) in [6.45, 7) is 0. The van der Waals surface area contributed by atoms with Crippen LogP contribution in [0.3, 0.4) is 0 Å². The number of esters is 1. The molecule has 1 heterocycles. The van der Waals surface area contributed by atoms with Gasteiger partial charge in [-0.05, 0) is 31.3 Å². The Morgan fingerprint density at radius 3 is 3.20 bits per heavy atom. The van der Waals surface area contributed by atoms with Crippen LogP contribution in [-0.4, -0.2) is 12.1 Å². The minimum absolute atomic E-state index is 0.137. The summed E-state index contributed by atoms with van der Waals surface area (Å²) in [5, 5.41) is 0. The number of hydrogen-bond acceptors (Lipinski definition) is 2. The minimum atomic E-state index is -0.137. The topological polar surface area (TPSA) is 26.3 Å². The van der Waals surface area contributed by atoms with Gasteiger partial charge in [0.05, 0.1) is 0 Å². The molecule has 1 aliphatic carbocycles. The van der Waals surface area contributed by atoms with Crippen LogP contribution in [0.15, 0.2) is 11.6 Å². The van der Waals surface area contributed by atoms with Crippen molar-refractivity contribution in [3.63, 3.8) is 0 Å². The van der Waals surface area contributed by atoms with Gasteiger partial charge in [0.25, 0.3) is 0 Å². The van der Waals surface area contributed by atoms with Crippen molar-refractivity contribution in [3.05, 3.63) is 11.6 Å². The predicted octanol–water partition coefficient (Wildman–Crippen LogP) is 1.41. The molecule has 54 valence electrons. The van der Waals surface area contributed by atoms with Crippen molar-refractivity contribution in [3.8, 4) is 0 Å². The van der Waals surface area contributed by atoms with Gasteiger partial charge in [-0.2, -0.15) is 0 Å². The van der Waals surface area contributed by atoms with Crippen molar-refractivity contribution in [1.82, 2.24) is 0 Å². The third-order valence-corrected chi connectivity index (χ3v) is 2.16. The first-order valence-corrected chi connectivity index (χ1v) is 3.77. The maximum absolute atomic E-state index is 10.7. The Bertz CT molecular complexity index is 193. The molecule has 1 fully saturated rings. The van der Waals surface area contributed by atoms with Gasteiger partial charge in [-0.25, -0.2) is 4.79 Å². The van der Waals surface area contributed by atoms with E-state index >= 15 is 0 Å². The van der Waals surface area contributed by atoms with Crippen molar-refractivity contribution >= 4 is 5.97 Å².